The summed E-state index contributed by atoms with van der Waals surface area (Å²) in [5.74, 6) is 2.05. The van der Waals surface area contributed by atoms with Gasteiger partial charge in [-0.25, -0.2) is 9.97 Å². The third kappa shape index (κ3) is 4.51. The summed E-state index contributed by atoms with van der Waals surface area (Å²) in [5, 5.41) is 0. The summed E-state index contributed by atoms with van der Waals surface area (Å²) in [7, 11) is 0. The molecule has 0 bridgehead atoms. The molecule has 0 unspecified atom stereocenters. The van der Waals surface area contributed by atoms with Crippen LogP contribution in [0.2, 0.25) is 0 Å². The van der Waals surface area contributed by atoms with Crippen LogP contribution in [0.5, 0.6) is 0 Å². The van der Waals surface area contributed by atoms with E-state index in [1.807, 2.05) is 32.6 Å². The molecule has 0 aliphatic carbocycles. The predicted molar refractivity (Wildman–Crippen MR) is 114 cm³/mol. The van der Waals surface area contributed by atoms with Crippen molar-refractivity contribution in [2.45, 2.75) is 48.0 Å². The Hall–Kier alpha value is -2.43. The highest BCUT2D eigenvalue weighted by molar-refractivity contribution is 5.81. The van der Waals surface area contributed by atoms with Crippen LogP contribution in [-0.2, 0) is 11.2 Å². The van der Waals surface area contributed by atoms with Gasteiger partial charge in [-0.1, -0.05) is 50.6 Å². The Kier molecular flexibility index (Phi) is 5.73. The van der Waals surface area contributed by atoms with E-state index in [9.17, 15) is 4.79 Å². The SMILES string of the molecule is Cc1ccc(Cc2c(C)nc(C)nc2N2CCN(C(=O)C(C)(C)C)CC2)cc1. The molecule has 3 rings (SSSR count). The first-order valence-corrected chi connectivity index (χ1v) is 10.1. The second-order valence-electron chi connectivity index (χ2n) is 8.85. The van der Waals surface area contributed by atoms with Gasteiger partial charge in [-0.3, -0.25) is 4.79 Å². The largest absolute Gasteiger partial charge is 0.353 e. The van der Waals surface area contributed by atoms with E-state index in [-0.39, 0.29) is 11.3 Å². The number of amides is 1. The van der Waals surface area contributed by atoms with E-state index >= 15 is 0 Å². The van der Waals surface area contributed by atoms with Crippen LogP contribution in [0.1, 0.15) is 49.0 Å². The van der Waals surface area contributed by atoms with Gasteiger partial charge in [0.15, 0.2) is 0 Å². The summed E-state index contributed by atoms with van der Waals surface area (Å²) >= 11 is 0. The van der Waals surface area contributed by atoms with Crippen LogP contribution in [0.3, 0.4) is 0 Å². The summed E-state index contributed by atoms with van der Waals surface area (Å²) in [5.41, 5.74) is 4.42. The number of aryl methyl sites for hydroxylation is 3. The number of anilines is 1. The van der Waals surface area contributed by atoms with Gasteiger partial charge in [0, 0.05) is 49.3 Å². The van der Waals surface area contributed by atoms with E-state index < -0.39 is 0 Å². The highest BCUT2D eigenvalue weighted by Gasteiger charge is 2.30. The first kappa shape index (κ1) is 20.3. The molecule has 1 saturated heterocycles. The fourth-order valence-electron chi connectivity index (χ4n) is 3.69. The van der Waals surface area contributed by atoms with Gasteiger partial charge in [-0.15, -0.1) is 0 Å². The van der Waals surface area contributed by atoms with Gasteiger partial charge in [0.25, 0.3) is 0 Å². The molecule has 1 aliphatic heterocycles. The number of nitrogens with zero attached hydrogens (tertiary/aromatic N) is 4. The van der Waals surface area contributed by atoms with Crippen molar-refractivity contribution in [1.29, 1.82) is 0 Å². The minimum absolute atomic E-state index is 0.224. The number of aromatic nitrogens is 2. The maximum absolute atomic E-state index is 12.6. The molecular weight excluding hydrogens is 348 g/mol. The number of carbonyl (C=O) groups excluding carboxylic acids is 1. The summed E-state index contributed by atoms with van der Waals surface area (Å²) in [6.45, 7) is 15.2. The lowest BCUT2D eigenvalue weighted by Crippen LogP contribution is -2.52. The number of rotatable bonds is 3. The van der Waals surface area contributed by atoms with Crippen molar-refractivity contribution in [3.63, 3.8) is 0 Å². The van der Waals surface area contributed by atoms with Crippen LogP contribution in [0, 0.1) is 26.2 Å². The van der Waals surface area contributed by atoms with Gasteiger partial charge < -0.3 is 9.80 Å². The van der Waals surface area contributed by atoms with Gasteiger partial charge >= 0.3 is 0 Å². The van der Waals surface area contributed by atoms with Crippen LogP contribution >= 0.6 is 0 Å². The van der Waals surface area contributed by atoms with E-state index in [0.717, 1.165) is 49.9 Å². The van der Waals surface area contributed by atoms with Gasteiger partial charge in [0.1, 0.15) is 11.6 Å². The maximum Gasteiger partial charge on any atom is 0.228 e. The van der Waals surface area contributed by atoms with Gasteiger partial charge in [0.05, 0.1) is 0 Å². The first-order valence-electron chi connectivity index (χ1n) is 10.1. The van der Waals surface area contributed by atoms with Crippen LogP contribution in [-0.4, -0.2) is 47.0 Å². The Morgan fingerprint density at radius 1 is 0.964 bits per heavy atom. The molecule has 0 spiro atoms. The minimum Gasteiger partial charge on any atom is -0.353 e. The van der Waals surface area contributed by atoms with Crippen molar-refractivity contribution in [2.75, 3.05) is 31.1 Å². The standard InChI is InChI=1S/C23H32N4O/c1-16-7-9-19(10-8-16)15-20-17(2)24-18(3)25-21(20)26-11-13-27(14-12-26)22(28)23(4,5)6/h7-10H,11-15H2,1-6H3. The molecule has 1 fully saturated rings. The Morgan fingerprint density at radius 2 is 1.57 bits per heavy atom. The molecule has 0 atom stereocenters. The maximum atomic E-state index is 12.6. The molecule has 5 heteroatoms. The number of hydrogen-bond donors (Lipinski definition) is 0. The lowest BCUT2D eigenvalue weighted by molar-refractivity contribution is -0.139. The Bertz CT molecular complexity index is 844. The van der Waals surface area contributed by atoms with Crippen LogP contribution in [0.15, 0.2) is 24.3 Å². The molecule has 5 nitrogen and oxygen atoms in total. The van der Waals surface area contributed by atoms with Gasteiger partial charge in [0.2, 0.25) is 5.91 Å². The van der Waals surface area contributed by atoms with Crippen LogP contribution in [0.4, 0.5) is 5.82 Å². The third-order valence-electron chi connectivity index (χ3n) is 5.31. The average molecular weight is 381 g/mol. The summed E-state index contributed by atoms with van der Waals surface area (Å²) in [4.78, 5) is 26.3. The minimum atomic E-state index is -0.332. The van der Waals surface area contributed by atoms with Crippen molar-refractivity contribution in [3.05, 3.63) is 52.5 Å². The molecule has 1 aromatic heterocycles. The molecule has 1 aliphatic rings. The van der Waals surface area contributed by atoms with E-state index in [1.165, 1.54) is 16.7 Å². The number of carbonyl (C=O) groups is 1. The summed E-state index contributed by atoms with van der Waals surface area (Å²) in [6, 6.07) is 8.66. The van der Waals surface area contributed by atoms with Gasteiger partial charge in [-0.05, 0) is 26.3 Å². The molecule has 150 valence electrons. The zero-order valence-electron chi connectivity index (χ0n) is 18.0. The molecule has 1 aromatic carbocycles. The topological polar surface area (TPSA) is 49.3 Å². The van der Waals surface area contributed by atoms with E-state index in [0.29, 0.717) is 0 Å². The Labute approximate surface area is 168 Å². The zero-order chi connectivity index (χ0) is 20.5. The lowest BCUT2D eigenvalue weighted by atomic mass is 9.94. The molecule has 2 heterocycles. The highest BCUT2D eigenvalue weighted by atomic mass is 16.2. The average Bonchev–Trinajstić information content (AvgIpc) is 2.64. The van der Waals surface area contributed by atoms with E-state index in [2.05, 4.69) is 48.0 Å². The van der Waals surface area contributed by atoms with Gasteiger partial charge in [-0.2, -0.15) is 0 Å². The quantitative estimate of drug-likeness (QED) is 0.815. The summed E-state index contributed by atoms with van der Waals surface area (Å²) in [6.07, 6.45) is 0.822. The van der Waals surface area contributed by atoms with Crippen molar-refractivity contribution in [1.82, 2.24) is 14.9 Å². The summed E-state index contributed by atoms with van der Waals surface area (Å²) < 4.78 is 0. The molecule has 1 amide bonds. The third-order valence-corrected chi connectivity index (χ3v) is 5.31. The van der Waals surface area contributed by atoms with Crippen molar-refractivity contribution in [2.24, 2.45) is 5.41 Å². The monoisotopic (exact) mass is 380 g/mol. The zero-order valence-corrected chi connectivity index (χ0v) is 18.0. The number of hydrogen-bond acceptors (Lipinski definition) is 4. The van der Waals surface area contributed by atoms with Crippen molar-refractivity contribution in [3.8, 4) is 0 Å². The highest BCUT2D eigenvalue weighted by Crippen LogP contribution is 2.26. The Morgan fingerprint density at radius 3 is 2.14 bits per heavy atom. The smallest absolute Gasteiger partial charge is 0.228 e. The van der Waals surface area contributed by atoms with Crippen molar-refractivity contribution < 1.29 is 4.79 Å². The molecule has 28 heavy (non-hydrogen) atoms. The van der Waals surface area contributed by atoms with E-state index in [1.54, 1.807) is 0 Å². The number of piperazine rings is 1. The Balaban J connectivity index is 1.82. The molecule has 0 N–H and O–H groups in total. The lowest BCUT2D eigenvalue weighted by Gasteiger charge is -2.39. The normalized spacial score (nSPS) is 15.1. The fourth-order valence-corrected chi connectivity index (χ4v) is 3.69. The van der Waals surface area contributed by atoms with Crippen LogP contribution in [0.25, 0.3) is 0 Å². The molecule has 0 saturated carbocycles. The fraction of sp³-hybridized carbons (Fsp3) is 0.522. The molecule has 2 aromatic rings. The van der Waals surface area contributed by atoms with Crippen LogP contribution < -0.4 is 4.90 Å². The first-order chi connectivity index (χ1) is 13.1. The number of benzene rings is 1. The van der Waals surface area contributed by atoms with Crippen molar-refractivity contribution >= 4 is 11.7 Å². The van der Waals surface area contributed by atoms with E-state index in [4.69, 9.17) is 4.98 Å². The second-order valence-corrected chi connectivity index (χ2v) is 8.85. The molecular formula is C23H32N4O. The predicted octanol–water partition coefficient (Wildman–Crippen LogP) is 3.69. The second kappa shape index (κ2) is 7.90. The molecule has 0 radical (unpaired) electrons.